The molecule has 1 aliphatic rings. The lowest BCUT2D eigenvalue weighted by atomic mass is 10.1. The number of carbonyl (C=O) groups excluding carboxylic acids is 1. The normalized spacial score (nSPS) is 17.4. The molecular formula is C18H17Cl2NO3. The van der Waals surface area contributed by atoms with Gasteiger partial charge in [0.15, 0.2) is 6.23 Å². The Kier molecular flexibility index (Phi) is 5.29. The van der Waals surface area contributed by atoms with Crippen molar-refractivity contribution in [3.8, 4) is 5.75 Å². The summed E-state index contributed by atoms with van der Waals surface area (Å²) in [5.74, 6) is 0.615. The Morgan fingerprint density at radius 1 is 1.25 bits per heavy atom. The summed E-state index contributed by atoms with van der Waals surface area (Å²) in [6, 6.07) is 12.8. The number of rotatable bonds is 5. The molecule has 1 unspecified atom stereocenters. The van der Waals surface area contributed by atoms with E-state index in [-0.39, 0.29) is 12.5 Å². The van der Waals surface area contributed by atoms with Crippen molar-refractivity contribution >= 4 is 29.1 Å². The van der Waals surface area contributed by atoms with E-state index in [9.17, 15) is 4.79 Å². The number of nitrogens with zero attached hydrogens (tertiary/aromatic N) is 1. The van der Waals surface area contributed by atoms with Gasteiger partial charge in [0.2, 0.25) is 0 Å². The van der Waals surface area contributed by atoms with Crippen molar-refractivity contribution < 1.29 is 14.3 Å². The Balaban J connectivity index is 1.91. The number of hydrogen-bond acceptors (Lipinski definition) is 3. The number of para-hydroxylation sites is 1. The molecule has 3 rings (SSSR count). The Labute approximate surface area is 150 Å². The van der Waals surface area contributed by atoms with Crippen LogP contribution in [0.4, 0.5) is 0 Å². The molecule has 126 valence electrons. The third-order valence-corrected chi connectivity index (χ3v) is 4.41. The summed E-state index contributed by atoms with van der Waals surface area (Å²) in [5.41, 5.74) is 1.60. The van der Waals surface area contributed by atoms with Crippen LogP contribution in [0.25, 0.3) is 0 Å². The Bertz CT molecular complexity index is 751. The van der Waals surface area contributed by atoms with Gasteiger partial charge in [-0.25, -0.2) is 0 Å². The SMILES string of the molecule is CCOc1ccccc1C1OCC(=O)N1Cc1cc(Cl)ccc1Cl. The van der Waals surface area contributed by atoms with Gasteiger partial charge in [0.25, 0.3) is 5.91 Å². The van der Waals surface area contributed by atoms with Gasteiger partial charge in [0.1, 0.15) is 12.4 Å². The molecular weight excluding hydrogens is 349 g/mol. The van der Waals surface area contributed by atoms with Gasteiger partial charge in [-0.3, -0.25) is 4.79 Å². The third kappa shape index (κ3) is 3.51. The van der Waals surface area contributed by atoms with Crippen molar-refractivity contribution in [3.05, 3.63) is 63.6 Å². The monoisotopic (exact) mass is 365 g/mol. The second-order valence-corrected chi connectivity index (χ2v) is 6.24. The van der Waals surface area contributed by atoms with Gasteiger partial charge in [0.05, 0.1) is 13.2 Å². The average Bonchev–Trinajstić information content (AvgIpc) is 2.93. The number of amides is 1. The standard InChI is InChI=1S/C18H17Cl2NO3/c1-2-23-16-6-4-3-5-14(16)18-21(17(22)11-24-18)10-12-9-13(19)7-8-15(12)20/h3-9,18H,2,10-11H2,1H3. The van der Waals surface area contributed by atoms with Crippen LogP contribution in [-0.2, 0) is 16.1 Å². The Hall–Kier alpha value is -1.75. The van der Waals surface area contributed by atoms with Gasteiger partial charge in [-0.2, -0.15) is 0 Å². The number of carbonyl (C=O) groups is 1. The van der Waals surface area contributed by atoms with Crippen LogP contribution >= 0.6 is 23.2 Å². The van der Waals surface area contributed by atoms with Crippen LogP contribution in [0.2, 0.25) is 10.0 Å². The van der Waals surface area contributed by atoms with Crippen molar-refractivity contribution in [2.45, 2.75) is 19.7 Å². The first-order valence-corrected chi connectivity index (χ1v) is 8.42. The smallest absolute Gasteiger partial charge is 0.251 e. The maximum atomic E-state index is 12.3. The van der Waals surface area contributed by atoms with Crippen LogP contribution in [-0.4, -0.2) is 24.0 Å². The molecule has 0 saturated carbocycles. The lowest BCUT2D eigenvalue weighted by Crippen LogP contribution is -2.28. The quantitative estimate of drug-likeness (QED) is 0.785. The minimum atomic E-state index is -0.504. The third-order valence-electron chi connectivity index (χ3n) is 3.80. The fraction of sp³-hybridized carbons (Fsp3) is 0.278. The zero-order valence-electron chi connectivity index (χ0n) is 13.2. The molecule has 0 aliphatic carbocycles. The van der Waals surface area contributed by atoms with E-state index in [1.54, 1.807) is 23.1 Å². The molecule has 0 bridgehead atoms. The van der Waals surface area contributed by atoms with E-state index in [1.807, 2.05) is 31.2 Å². The topological polar surface area (TPSA) is 38.8 Å². The largest absolute Gasteiger partial charge is 0.493 e. The number of halogens is 2. The van der Waals surface area contributed by atoms with Crippen molar-refractivity contribution in [2.75, 3.05) is 13.2 Å². The maximum Gasteiger partial charge on any atom is 0.251 e. The van der Waals surface area contributed by atoms with E-state index >= 15 is 0 Å². The first-order valence-electron chi connectivity index (χ1n) is 7.67. The minimum absolute atomic E-state index is 0.0311. The van der Waals surface area contributed by atoms with Crippen molar-refractivity contribution in [1.29, 1.82) is 0 Å². The summed E-state index contributed by atoms with van der Waals surface area (Å²) in [4.78, 5) is 14.0. The molecule has 2 aromatic carbocycles. The van der Waals surface area contributed by atoms with E-state index < -0.39 is 6.23 Å². The van der Waals surface area contributed by atoms with Crippen molar-refractivity contribution in [3.63, 3.8) is 0 Å². The first kappa shape index (κ1) is 17.1. The highest BCUT2D eigenvalue weighted by Crippen LogP contribution is 2.36. The predicted molar refractivity (Wildman–Crippen MR) is 93.3 cm³/mol. The summed E-state index contributed by atoms with van der Waals surface area (Å²) in [6.07, 6.45) is -0.504. The highest BCUT2D eigenvalue weighted by atomic mass is 35.5. The predicted octanol–water partition coefficient (Wildman–Crippen LogP) is 4.45. The van der Waals surface area contributed by atoms with E-state index in [0.717, 1.165) is 11.1 Å². The van der Waals surface area contributed by atoms with Gasteiger partial charge in [-0.1, -0.05) is 41.4 Å². The van der Waals surface area contributed by atoms with E-state index in [4.69, 9.17) is 32.7 Å². The van der Waals surface area contributed by atoms with Crippen LogP contribution in [0.5, 0.6) is 5.75 Å². The molecule has 0 spiro atoms. The van der Waals surface area contributed by atoms with Crippen LogP contribution < -0.4 is 4.74 Å². The Morgan fingerprint density at radius 2 is 2.04 bits per heavy atom. The average molecular weight is 366 g/mol. The minimum Gasteiger partial charge on any atom is -0.493 e. The molecule has 6 heteroatoms. The fourth-order valence-electron chi connectivity index (χ4n) is 2.70. The van der Waals surface area contributed by atoms with E-state index in [0.29, 0.717) is 28.9 Å². The maximum absolute atomic E-state index is 12.3. The Morgan fingerprint density at radius 3 is 2.83 bits per heavy atom. The highest BCUT2D eigenvalue weighted by molar-refractivity contribution is 6.33. The van der Waals surface area contributed by atoms with Gasteiger partial charge < -0.3 is 14.4 Å². The first-order chi connectivity index (χ1) is 11.6. The second kappa shape index (κ2) is 7.43. The molecule has 1 aliphatic heterocycles. The summed E-state index contributed by atoms with van der Waals surface area (Å²) in [6.45, 7) is 2.81. The van der Waals surface area contributed by atoms with E-state index in [1.165, 1.54) is 0 Å². The summed E-state index contributed by atoms with van der Waals surface area (Å²) in [5, 5.41) is 1.14. The van der Waals surface area contributed by atoms with Gasteiger partial charge in [-0.15, -0.1) is 0 Å². The number of ether oxygens (including phenoxy) is 2. The number of hydrogen-bond donors (Lipinski definition) is 0. The summed E-state index contributed by atoms with van der Waals surface area (Å²) in [7, 11) is 0. The van der Waals surface area contributed by atoms with Crippen LogP contribution in [0, 0.1) is 0 Å². The van der Waals surface area contributed by atoms with Crippen LogP contribution in [0.1, 0.15) is 24.3 Å². The second-order valence-electron chi connectivity index (χ2n) is 5.39. The lowest BCUT2D eigenvalue weighted by Gasteiger charge is -2.25. The van der Waals surface area contributed by atoms with Gasteiger partial charge in [0, 0.05) is 15.6 Å². The van der Waals surface area contributed by atoms with Crippen LogP contribution in [0.15, 0.2) is 42.5 Å². The van der Waals surface area contributed by atoms with Crippen LogP contribution in [0.3, 0.4) is 0 Å². The fourth-order valence-corrected chi connectivity index (χ4v) is 3.07. The van der Waals surface area contributed by atoms with E-state index in [2.05, 4.69) is 0 Å². The lowest BCUT2D eigenvalue weighted by molar-refractivity contribution is -0.128. The molecule has 1 fully saturated rings. The molecule has 4 nitrogen and oxygen atoms in total. The molecule has 1 heterocycles. The molecule has 1 saturated heterocycles. The summed E-state index contributed by atoms with van der Waals surface area (Å²) < 4.78 is 11.4. The summed E-state index contributed by atoms with van der Waals surface area (Å²) >= 11 is 12.3. The number of benzene rings is 2. The molecule has 1 atom stereocenters. The van der Waals surface area contributed by atoms with Gasteiger partial charge in [-0.05, 0) is 36.8 Å². The van der Waals surface area contributed by atoms with Crippen molar-refractivity contribution in [1.82, 2.24) is 4.90 Å². The molecule has 0 aromatic heterocycles. The van der Waals surface area contributed by atoms with Crippen molar-refractivity contribution in [2.24, 2.45) is 0 Å². The van der Waals surface area contributed by atoms with Gasteiger partial charge >= 0.3 is 0 Å². The highest BCUT2D eigenvalue weighted by Gasteiger charge is 2.35. The molecule has 2 aromatic rings. The zero-order valence-corrected chi connectivity index (χ0v) is 14.7. The molecule has 24 heavy (non-hydrogen) atoms. The zero-order chi connectivity index (χ0) is 17.1. The molecule has 0 radical (unpaired) electrons. The molecule has 1 amide bonds. The molecule has 0 N–H and O–H groups in total.